The second-order valence-electron chi connectivity index (χ2n) is 5.39. The molecule has 2 rings (SSSR count). The molecule has 7 heteroatoms. The molecular formula is C12H20N4O3. The third kappa shape index (κ3) is 2.86. The van der Waals surface area contributed by atoms with Gasteiger partial charge in [0.1, 0.15) is 13.1 Å². The molecule has 2 aliphatic rings. The van der Waals surface area contributed by atoms with Gasteiger partial charge in [-0.25, -0.2) is 4.79 Å². The van der Waals surface area contributed by atoms with Gasteiger partial charge in [0.05, 0.1) is 0 Å². The zero-order chi connectivity index (χ0) is 14.2. The number of carbonyl (C=O) groups excluding carboxylic acids is 3. The summed E-state index contributed by atoms with van der Waals surface area (Å²) in [7, 11) is 1.56. The minimum Gasteiger partial charge on any atom is -0.338 e. The van der Waals surface area contributed by atoms with Gasteiger partial charge in [0.15, 0.2) is 0 Å². The average molecular weight is 268 g/mol. The molecule has 106 valence electrons. The molecular weight excluding hydrogens is 248 g/mol. The molecule has 0 aromatic carbocycles. The molecule has 0 radical (unpaired) electrons. The van der Waals surface area contributed by atoms with E-state index < -0.39 is 6.03 Å². The van der Waals surface area contributed by atoms with Crippen LogP contribution in [0.1, 0.15) is 13.8 Å². The number of piperazine rings is 1. The molecule has 2 saturated heterocycles. The molecule has 0 spiro atoms. The molecule has 0 aliphatic carbocycles. The Morgan fingerprint density at radius 3 is 2.32 bits per heavy atom. The van der Waals surface area contributed by atoms with Crippen molar-refractivity contribution in [2.75, 3.05) is 33.2 Å². The largest absolute Gasteiger partial charge is 0.338 e. The third-order valence-electron chi connectivity index (χ3n) is 3.43. The van der Waals surface area contributed by atoms with Crippen LogP contribution in [0.5, 0.6) is 0 Å². The van der Waals surface area contributed by atoms with E-state index in [2.05, 4.69) is 5.32 Å². The Balaban J connectivity index is 1.97. The summed E-state index contributed by atoms with van der Waals surface area (Å²) in [5, 5.41) is 3.33. The number of nitrogens with one attached hydrogen (secondary N) is 1. The van der Waals surface area contributed by atoms with Crippen LogP contribution in [-0.4, -0.2) is 77.9 Å². The van der Waals surface area contributed by atoms with E-state index in [1.165, 1.54) is 4.90 Å². The number of nitrogens with zero attached hydrogens (tertiary/aromatic N) is 3. The predicted molar refractivity (Wildman–Crippen MR) is 68.4 cm³/mol. The van der Waals surface area contributed by atoms with Crippen LogP contribution in [0, 0.1) is 0 Å². The van der Waals surface area contributed by atoms with Gasteiger partial charge < -0.3 is 15.1 Å². The molecule has 4 amide bonds. The lowest BCUT2D eigenvalue weighted by molar-refractivity contribution is -0.137. The summed E-state index contributed by atoms with van der Waals surface area (Å²) >= 11 is 0. The summed E-state index contributed by atoms with van der Waals surface area (Å²) in [5.74, 6) is -0.478. The van der Waals surface area contributed by atoms with Gasteiger partial charge >= 0.3 is 6.03 Å². The molecule has 19 heavy (non-hydrogen) atoms. The summed E-state index contributed by atoms with van der Waals surface area (Å²) in [5.41, 5.74) is 0. The van der Waals surface area contributed by atoms with Gasteiger partial charge in [-0.2, -0.15) is 0 Å². The number of imide groups is 1. The van der Waals surface area contributed by atoms with Gasteiger partial charge in [-0.1, -0.05) is 0 Å². The second-order valence-corrected chi connectivity index (χ2v) is 5.39. The van der Waals surface area contributed by atoms with Crippen molar-refractivity contribution in [3.05, 3.63) is 0 Å². The summed E-state index contributed by atoms with van der Waals surface area (Å²) in [6.45, 7) is 5.14. The van der Waals surface area contributed by atoms with Crippen LogP contribution >= 0.6 is 0 Å². The Morgan fingerprint density at radius 2 is 1.84 bits per heavy atom. The first-order chi connectivity index (χ1) is 8.88. The van der Waals surface area contributed by atoms with E-state index in [1.54, 1.807) is 11.9 Å². The summed E-state index contributed by atoms with van der Waals surface area (Å²) in [6, 6.07) is 0.0512. The highest BCUT2D eigenvalue weighted by Gasteiger charge is 2.36. The number of carbonyl (C=O) groups is 3. The van der Waals surface area contributed by atoms with Crippen molar-refractivity contribution in [3.63, 3.8) is 0 Å². The van der Waals surface area contributed by atoms with E-state index in [0.29, 0.717) is 13.1 Å². The molecule has 2 atom stereocenters. The summed E-state index contributed by atoms with van der Waals surface area (Å²) in [6.07, 6.45) is 0. The highest BCUT2D eigenvalue weighted by atomic mass is 16.2. The maximum absolute atomic E-state index is 12.2. The maximum atomic E-state index is 12.2. The first-order valence-corrected chi connectivity index (χ1v) is 6.47. The number of hydrogen-bond acceptors (Lipinski definition) is 4. The average Bonchev–Trinajstić information content (AvgIpc) is 2.54. The van der Waals surface area contributed by atoms with Crippen LogP contribution in [0.2, 0.25) is 0 Å². The minimum absolute atomic E-state index is 0.0560. The van der Waals surface area contributed by atoms with Crippen molar-refractivity contribution in [2.24, 2.45) is 0 Å². The topological polar surface area (TPSA) is 73.0 Å². The van der Waals surface area contributed by atoms with Crippen molar-refractivity contribution in [1.82, 2.24) is 20.0 Å². The lowest BCUT2D eigenvalue weighted by Crippen LogP contribution is -2.57. The smallest absolute Gasteiger partial charge is 0.327 e. The minimum atomic E-state index is -0.394. The van der Waals surface area contributed by atoms with Gasteiger partial charge in [-0.15, -0.1) is 0 Å². The first kappa shape index (κ1) is 13.8. The Bertz CT molecular complexity index is 402. The summed E-state index contributed by atoms with van der Waals surface area (Å²) in [4.78, 5) is 39.6. The molecule has 7 nitrogen and oxygen atoms in total. The number of amides is 4. The van der Waals surface area contributed by atoms with E-state index in [9.17, 15) is 14.4 Å². The number of hydrogen-bond donors (Lipinski definition) is 1. The lowest BCUT2D eigenvalue weighted by atomic mass is 10.1. The number of likely N-dealkylation sites (N-methyl/N-ethyl adjacent to an activating group) is 1. The lowest BCUT2D eigenvalue weighted by Gasteiger charge is -2.36. The fourth-order valence-corrected chi connectivity index (χ4v) is 2.59. The fraction of sp³-hybridized carbons (Fsp3) is 0.750. The van der Waals surface area contributed by atoms with Crippen LogP contribution in [0.25, 0.3) is 0 Å². The quantitative estimate of drug-likeness (QED) is 0.658. The van der Waals surface area contributed by atoms with Crippen LogP contribution in [0.15, 0.2) is 0 Å². The van der Waals surface area contributed by atoms with Gasteiger partial charge in [-0.3, -0.25) is 14.5 Å². The zero-order valence-corrected chi connectivity index (χ0v) is 11.5. The van der Waals surface area contributed by atoms with Crippen LogP contribution in [0.4, 0.5) is 4.79 Å². The van der Waals surface area contributed by atoms with E-state index in [-0.39, 0.29) is 37.0 Å². The number of urea groups is 1. The number of rotatable bonds is 2. The van der Waals surface area contributed by atoms with E-state index in [4.69, 9.17) is 0 Å². The second kappa shape index (κ2) is 5.16. The Morgan fingerprint density at radius 1 is 1.26 bits per heavy atom. The maximum Gasteiger partial charge on any atom is 0.327 e. The summed E-state index contributed by atoms with van der Waals surface area (Å²) < 4.78 is 0. The van der Waals surface area contributed by atoms with Gasteiger partial charge in [0, 0.05) is 32.2 Å². The van der Waals surface area contributed by atoms with E-state index >= 15 is 0 Å². The van der Waals surface area contributed by atoms with Crippen LogP contribution in [-0.2, 0) is 9.59 Å². The predicted octanol–water partition coefficient (Wildman–Crippen LogP) is -0.911. The van der Waals surface area contributed by atoms with Crippen LogP contribution < -0.4 is 5.32 Å². The van der Waals surface area contributed by atoms with Crippen molar-refractivity contribution >= 4 is 17.8 Å². The van der Waals surface area contributed by atoms with Crippen LogP contribution in [0.3, 0.4) is 0 Å². The Labute approximate surface area is 112 Å². The van der Waals surface area contributed by atoms with E-state index in [0.717, 1.165) is 4.90 Å². The van der Waals surface area contributed by atoms with E-state index in [1.807, 2.05) is 13.8 Å². The molecule has 0 bridgehead atoms. The molecule has 0 saturated carbocycles. The molecule has 2 heterocycles. The molecule has 0 aromatic heterocycles. The van der Waals surface area contributed by atoms with Crippen molar-refractivity contribution in [2.45, 2.75) is 25.9 Å². The van der Waals surface area contributed by atoms with Crippen molar-refractivity contribution in [3.8, 4) is 0 Å². The Kier molecular flexibility index (Phi) is 3.75. The monoisotopic (exact) mass is 268 g/mol. The van der Waals surface area contributed by atoms with Crippen molar-refractivity contribution < 1.29 is 14.4 Å². The Hall–Kier alpha value is -1.63. The van der Waals surface area contributed by atoms with Crippen molar-refractivity contribution in [1.29, 1.82) is 0 Å². The molecule has 2 fully saturated rings. The highest BCUT2D eigenvalue weighted by Crippen LogP contribution is 2.10. The molecule has 2 aliphatic heterocycles. The van der Waals surface area contributed by atoms with Gasteiger partial charge in [0.25, 0.3) is 5.91 Å². The normalized spacial score (nSPS) is 28.3. The fourth-order valence-electron chi connectivity index (χ4n) is 2.59. The van der Waals surface area contributed by atoms with Gasteiger partial charge in [-0.05, 0) is 13.8 Å². The first-order valence-electron chi connectivity index (χ1n) is 6.47. The highest BCUT2D eigenvalue weighted by molar-refractivity contribution is 6.04. The third-order valence-corrected chi connectivity index (χ3v) is 3.43. The molecule has 0 unspecified atom stereocenters. The van der Waals surface area contributed by atoms with Gasteiger partial charge in [0.2, 0.25) is 5.91 Å². The molecule has 1 N–H and O–H groups in total. The standard InChI is InChI=1S/C12H20N4O3/c1-8-4-15(5-9(2)13-8)10(17)7-16-11(18)6-14(3)12(16)19/h8-9,13H,4-7H2,1-3H3/t8-,9-/m1/s1. The SMILES string of the molecule is C[C@@H]1CN(C(=O)CN2C(=O)CN(C)C2=O)C[C@@H](C)N1. The molecule has 0 aromatic rings. The zero-order valence-electron chi connectivity index (χ0n) is 11.5.